The molecule has 0 aromatic carbocycles. The lowest BCUT2D eigenvalue weighted by atomic mass is 10.1. The summed E-state index contributed by atoms with van der Waals surface area (Å²) in [5.41, 5.74) is 1.15. The van der Waals surface area contributed by atoms with Crippen LogP contribution < -0.4 is 10.2 Å². The van der Waals surface area contributed by atoms with Crippen molar-refractivity contribution in [2.75, 3.05) is 36.5 Å². The zero-order valence-electron chi connectivity index (χ0n) is 8.65. The molecule has 1 fully saturated rings. The second kappa shape index (κ2) is 3.70. The van der Waals surface area contributed by atoms with Crippen LogP contribution in [0, 0.1) is 0 Å². The SMILES string of the molecule is c1cnc2c(c1)NCCC1COCCN21. The van der Waals surface area contributed by atoms with Crippen LogP contribution in [0.5, 0.6) is 0 Å². The molecule has 0 saturated carbocycles. The Morgan fingerprint density at radius 3 is 3.53 bits per heavy atom. The molecule has 0 aliphatic carbocycles. The maximum absolute atomic E-state index is 5.51. The van der Waals surface area contributed by atoms with E-state index in [4.69, 9.17) is 4.74 Å². The molecule has 0 radical (unpaired) electrons. The van der Waals surface area contributed by atoms with Crippen LogP contribution in [0.4, 0.5) is 11.5 Å². The topological polar surface area (TPSA) is 37.4 Å². The molecule has 1 unspecified atom stereocenters. The largest absolute Gasteiger partial charge is 0.382 e. The Hall–Kier alpha value is -1.29. The first kappa shape index (κ1) is 8.97. The molecule has 15 heavy (non-hydrogen) atoms. The van der Waals surface area contributed by atoms with Crippen molar-refractivity contribution in [3.63, 3.8) is 0 Å². The van der Waals surface area contributed by atoms with Crippen LogP contribution >= 0.6 is 0 Å². The molecule has 3 heterocycles. The lowest BCUT2D eigenvalue weighted by Gasteiger charge is -2.35. The summed E-state index contributed by atoms with van der Waals surface area (Å²) in [6, 6.07) is 4.56. The monoisotopic (exact) mass is 205 g/mol. The zero-order chi connectivity index (χ0) is 10.1. The van der Waals surface area contributed by atoms with Gasteiger partial charge in [-0.15, -0.1) is 0 Å². The number of nitrogens with one attached hydrogen (secondary N) is 1. The number of anilines is 2. The predicted molar refractivity (Wildman–Crippen MR) is 59.3 cm³/mol. The summed E-state index contributed by atoms with van der Waals surface area (Å²) in [5.74, 6) is 1.09. The van der Waals surface area contributed by atoms with Crippen molar-refractivity contribution >= 4 is 11.5 Å². The summed E-state index contributed by atoms with van der Waals surface area (Å²) in [4.78, 5) is 6.85. The highest BCUT2D eigenvalue weighted by atomic mass is 16.5. The van der Waals surface area contributed by atoms with E-state index >= 15 is 0 Å². The fraction of sp³-hybridized carbons (Fsp3) is 0.545. The standard InChI is InChI=1S/C11H15N3O/c1-2-10-11(13-4-1)14-6-7-15-8-9(14)3-5-12-10/h1-2,4,9,12H,3,5-8H2. The molecule has 1 aromatic heterocycles. The van der Waals surface area contributed by atoms with Gasteiger partial charge in [0.25, 0.3) is 0 Å². The van der Waals surface area contributed by atoms with E-state index in [9.17, 15) is 0 Å². The van der Waals surface area contributed by atoms with Crippen LogP contribution in [0.3, 0.4) is 0 Å². The number of fused-ring (bicyclic) bond motifs is 3. The first-order valence-electron chi connectivity index (χ1n) is 5.48. The average molecular weight is 205 g/mol. The van der Waals surface area contributed by atoms with E-state index in [0.717, 1.165) is 44.2 Å². The van der Waals surface area contributed by atoms with Crippen LogP contribution in [0.15, 0.2) is 18.3 Å². The van der Waals surface area contributed by atoms with Gasteiger partial charge >= 0.3 is 0 Å². The van der Waals surface area contributed by atoms with Crippen LogP contribution in [0.1, 0.15) is 6.42 Å². The van der Waals surface area contributed by atoms with Crippen LogP contribution in [-0.2, 0) is 4.74 Å². The Kier molecular flexibility index (Phi) is 2.21. The van der Waals surface area contributed by atoms with Crippen LogP contribution in [0.2, 0.25) is 0 Å². The smallest absolute Gasteiger partial charge is 0.152 e. The second-order valence-corrected chi connectivity index (χ2v) is 4.01. The maximum Gasteiger partial charge on any atom is 0.152 e. The minimum absolute atomic E-state index is 0.488. The number of aromatic nitrogens is 1. The van der Waals surface area contributed by atoms with E-state index in [1.54, 1.807) is 0 Å². The first-order valence-corrected chi connectivity index (χ1v) is 5.48. The van der Waals surface area contributed by atoms with Gasteiger partial charge in [-0.25, -0.2) is 4.98 Å². The Balaban J connectivity index is 1.99. The van der Waals surface area contributed by atoms with E-state index in [1.807, 2.05) is 12.3 Å². The third-order valence-corrected chi connectivity index (χ3v) is 3.08. The zero-order valence-corrected chi connectivity index (χ0v) is 8.65. The maximum atomic E-state index is 5.51. The van der Waals surface area contributed by atoms with E-state index in [1.165, 1.54) is 0 Å². The van der Waals surface area contributed by atoms with Gasteiger partial charge in [0.1, 0.15) is 0 Å². The fourth-order valence-electron chi connectivity index (χ4n) is 2.31. The molecule has 4 heteroatoms. The number of hydrogen-bond acceptors (Lipinski definition) is 4. The summed E-state index contributed by atoms with van der Waals surface area (Å²) in [7, 11) is 0. The molecule has 3 rings (SSSR count). The molecule has 4 nitrogen and oxygen atoms in total. The molecule has 0 amide bonds. The number of nitrogens with zero attached hydrogens (tertiary/aromatic N) is 2. The first-order chi connectivity index (χ1) is 7.45. The van der Waals surface area contributed by atoms with Crippen molar-refractivity contribution < 1.29 is 4.74 Å². The number of hydrogen-bond donors (Lipinski definition) is 1. The van der Waals surface area contributed by atoms with Gasteiger partial charge in [0, 0.05) is 19.3 Å². The predicted octanol–water partition coefficient (Wildman–Crippen LogP) is 1.10. The summed E-state index contributed by atoms with van der Waals surface area (Å²) < 4.78 is 5.51. The highest BCUT2D eigenvalue weighted by molar-refractivity contribution is 5.66. The molecular formula is C11H15N3O. The van der Waals surface area contributed by atoms with Crippen LogP contribution in [-0.4, -0.2) is 37.3 Å². The molecule has 80 valence electrons. The van der Waals surface area contributed by atoms with Crippen molar-refractivity contribution in [1.82, 2.24) is 4.98 Å². The molecule has 1 N–H and O–H groups in total. The molecule has 1 aromatic rings. The van der Waals surface area contributed by atoms with Crippen molar-refractivity contribution in [3.05, 3.63) is 18.3 Å². The number of pyridine rings is 1. The Morgan fingerprint density at radius 1 is 1.53 bits per heavy atom. The minimum atomic E-state index is 0.488. The lowest BCUT2D eigenvalue weighted by Crippen LogP contribution is -2.45. The number of rotatable bonds is 0. The van der Waals surface area contributed by atoms with Gasteiger partial charge < -0.3 is 15.0 Å². The molecule has 2 aliphatic heterocycles. The van der Waals surface area contributed by atoms with Crippen molar-refractivity contribution in [2.24, 2.45) is 0 Å². The summed E-state index contributed by atoms with van der Waals surface area (Å²) in [6.07, 6.45) is 2.98. The minimum Gasteiger partial charge on any atom is -0.382 e. The second-order valence-electron chi connectivity index (χ2n) is 4.01. The normalized spacial score (nSPS) is 24.8. The fourth-order valence-corrected chi connectivity index (χ4v) is 2.31. The van der Waals surface area contributed by atoms with Crippen LogP contribution in [0.25, 0.3) is 0 Å². The Morgan fingerprint density at radius 2 is 2.53 bits per heavy atom. The molecule has 1 atom stereocenters. The van der Waals surface area contributed by atoms with E-state index in [-0.39, 0.29) is 0 Å². The van der Waals surface area contributed by atoms with E-state index in [0.29, 0.717) is 6.04 Å². The summed E-state index contributed by atoms with van der Waals surface area (Å²) in [6.45, 7) is 3.60. The van der Waals surface area contributed by atoms with E-state index in [2.05, 4.69) is 21.3 Å². The van der Waals surface area contributed by atoms with E-state index < -0.39 is 0 Å². The highest BCUT2D eigenvalue weighted by Crippen LogP contribution is 2.29. The molecular weight excluding hydrogens is 190 g/mol. The average Bonchev–Trinajstić information content (AvgIpc) is 2.48. The number of morpholine rings is 1. The van der Waals surface area contributed by atoms with Gasteiger partial charge in [0.05, 0.1) is 24.9 Å². The van der Waals surface area contributed by atoms with Crippen molar-refractivity contribution in [3.8, 4) is 0 Å². The van der Waals surface area contributed by atoms with Gasteiger partial charge in [0.2, 0.25) is 0 Å². The van der Waals surface area contributed by atoms with Gasteiger partial charge in [0.15, 0.2) is 5.82 Å². The molecule has 0 bridgehead atoms. The quantitative estimate of drug-likeness (QED) is 0.688. The highest BCUT2D eigenvalue weighted by Gasteiger charge is 2.27. The van der Waals surface area contributed by atoms with Crippen molar-refractivity contribution in [1.29, 1.82) is 0 Å². The van der Waals surface area contributed by atoms with Gasteiger partial charge in [-0.05, 0) is 18.6 Å². The number of ether oxygens (including phenoxy) is 1. The Bertz CT molecular complexity index is 355. The summed E-state index contributed by atoms with van der Waals surface area (Å²) >= 11 is 0. The lowest BCUT2D eigenvalue weighted by molar-refractivity contribution is 0.0927. The molecule has 2 aliphatic rings. The molecule has 1 saturated heterocycles. The summed E-state index contributed by atoms with van der Waals surface area (Å²) in [5, 5.41) is 3.42. The van der Waals surface area contributed by atoms with Crippen molar-refractivity contribution in [2.45, 2.75) is 12.5 Å². The van der Waals surface area contributed by atoms with Gasteiger partial charge in [-0.3, -0.25) is 0 Å². The molecule has 0 spiro atoms. The van der Waals surface area contributed by atoms with Gasteiger partial charge in [-0.2, -0.15) is 0 Å². The Labute approximate surface area is 89.3 Å². The van der Waals surface area contributed by atoms with Gasteiger partial charge in [-0.1, -0.05) is 0 Å². The third kappa shape index (κ3) is 1.55. The third-order valence-electron chi connectivity index (χ3n) is 3.08.